The van der Waals surface area contributed by atoms with E-state index in [1.807, 2.05) is 6.07 Å². The zero-order chi connectivity index (χ0) is 27.4. The minimum atomic E-state index is -3.85. The van der Waals surface area contributed by atoms with Crippen molar-refractivity contribution in [2.45, 2.75) is 37.5 Å². The van der Waals surface area contributed by atoms with Gasteiger partial charge in [-0.3, -0.25) is 9.52 Å². The van der Waals surface area contributed by atoms with E-state index in [9.17, 15) is 18.5 Å². The van der Waals surface area contributed by atoms with Crippen molar-refractivity contribution in [2.75, 3.05) is 23.8 Å². The summed E-state index contributed by atoms with van der Waals surface area (Å²) in [5.74, 6) is 0.654. The molecule has 198 valence electrons. The number of nitrogens with one attached hydrogen (secondary N) is 2. The molecule has 0 saturated carbocycles. The minimum absolute atomic E-state index is 0.00281. The Labute approximate surface area is 223 Å². The summed E-state index contributed by atoms with van der Waals surface area (Å²) in [6.45, 7) is 2.73. The second-order valence-corrected chi connectivity index (χ2v) is 9.97. The SMILES string of the molecule is CCCCCCOc1ccc(/C=C(\C#N)C(=O)Nc2ccc(S(=O)(=O)Nc3ccccn3)cc2)cc1OC. The molecule has 0 atom stereocenters. The summed E-state index contributed by atoms with van der Waals surface area (Å²) in [5.41, 5.74) is 0.792. The van der Waals surface area contributed by atoms with Crippen LogP contribution in [0.1, 0.15) is 38.2 Å². The third-order valence-electron chi connectivity index (χ3n) is 5.45. The number of rotatable bonds is 13. The molecule has 2 aromatic carbocycles. The molecule has 0 aliphatic carbocycles. The molecule has 1 aromatic heterocycles. The Kier molecular flexibility index (Phi) is 10.3. The van der Waals surface area contributed by atoms with Crippen molar-refractivity contribution < 1.29 is 22.7 Å². The molecule has 0 spiro atoms. The van der Waals surface area contributed by atoms with Crippen molar-refractivity contribution in [1.82, 2.24) is 4.98 Å². The molecule has 38 heavy (non-hydrogen) atoms. The quantitative estimate of drug-likeness (QED) is 0.171. The number of pyridine rings is 1. The highest BCUT2D eigenvalue weighted by Gasteiger charge is 2.16. The highest BCUT2D eigenvalue weighted by Crippen LogP contribution is 2.29. The number of ether oxygens (including phenoxy) is 2. The van der Waals surface area contributed by atoms with Crippen LogP contribution in [0.25, 0.3) is 6.08 Å². The molecule has 3 rings (SSSR count). The number of benzene rings is 2. The van der Waals surface area contributed by atoms with Gasteiger partial charge >= 0.3 is 0 Å². The fraction of sp³-hybridized carbons (Fsp3) is 0.250. The number of carbonyl (C=O) groups is 1. The summed E-state index contributed by atoms with van der Waals surface area (Å²) in [5, 5.41) is 12.2. The molecule has 1 heterocycles. The van der Waals surface area contributed by atoms with E-state index in [0.29, 0.717) is 29.4 Å². The van der Waals surface area contributed by atoms with Gasteiger partial charge in [0.2, 0.25) is 0 Å². The van der Waals surface area contributed by atoms with Gasteiger partial charge in [-0.05, 0) is 66.6 Å². The van der Waals surface area contributed by atoms with Crippen LogP contribution >= 0.6 is 0 Å². The summed E-state index contributed by atoms with van der Waals surface area (Å²) in [6, 6.07) is 17.5. The maximum Gasteiger partial charge on any atom is 0.266 e. The molecule has 0 unspecified atom stereocenters. The first-order valence-corrected chi connectivity index (χ1v) is 13.6. The van der Waals surface area contributed by atoms with Gasteiger partial charge in [-0.15, -0.1) is 0 Å². The van der Waals surface area contributed by atoms with Crippen LogP contribution in [0.3, 0.4) is 0 Å². The predicted molar refractivity (Wildman–Crippen MR) is 146 cm³/mol. The smallest absolute Gasteiger partial charge is 0.266 e. The van der Waals surface area contributed by atoms with Crippen molar-refractivity contribution >= 4 is 33.5 Å². The second-order valence-electron chi connectivity index (χ2n) is 8.29. The normalized spacial score (nSPS) is 11.3. The van der Waals surface area contributed by atoms with E-state index < -0.39 is 15.9 Å². The zero-order valence-electron chi connectivity index (χ0n) is 21.3. The fourth-order valence-electron chi connectivity index (χ4n) is 3.45. The molecule has 0 aliphatic rings. The maximum absolute atomic E-state index is 12.7. The topological polar surface area (TPSA) is 130 Å². The first kappa shape index (κ1) is 28.2. The van der Waals surface area contributed by atoms with Gasteiger partial charge < -0.3 is 14.8 Å². The van der Waals surface area contributed by atoms with Crippen molar-refractivity contribution in [3.63, 3.8) is 0 Å². The number of sulfonamides is 1. The van der Waals surface area contributed by atoms with Crippen molar-refractivity contribution in [1.29, 1.82) is 5.26 Å². The van der Waals surface area contributed by atoms with E-state index in [1.165, 1.54) is 49.7 Å². The first-order valence-electron chi connectivity index (χ1n) is 12.1. The number of nitrogens with zero attached hydrogens (tertiary/aromatic N) is 2. The first-order chi connectivity index (χ1) is 18.4. The van der Waals surface area contributed by atoms with Gasteiger partial charge in [0, 0.05) is 11.9 Å². The van der Waals surface area contributed by atoms with Gasteiger partial charge in [-0.2, -0.15) is 5.26 Å². The molecule has 0 radical (unpaired) electrons. The standard InChI is InChI=1S/C28H30N4O5S/c1-3-4-5-8-17-37-25-15-10-21(19-26(25)36-2)18-22(20-29)28(33)31-23-11-13-24(14-12-23)38(34,35)32-27-9-6-7-16-30-27/h6-7,9-16,18-19H,3-5,8,17H2,1-2H3,(H,30,32)(H,31,33)/b22-18+. The summed E-state index contributed by atoms with van der Waals surface area (Å²) >= 11 is 0. The van der Waals surface area contributed by atoms with E-state index in [1.54, 1.807) is 30.3 Å². The Morgan fingerprint density at radius 3 is 2.50 bits per heavy atom. The third-order valence-corrected chi connectivity index (χ3v) is 6.82. The van der Waals surface area contributed by atoms with Crippen molar-refractivity contribution in [2.24, 2.45) is 0 Å². The van der Waals surface area contributed by atoms with Gasteiger partial charge in [0.25, 0.3) is 15.9 Å². The number of anilines is 2. The van der Waals surface area contributed by atoms with Crippen LogP contribution in [0, 0.1) is 11.3 Å². The van der Waals surface area contributed by atoms with Crippen molar-refractivity contribution in [3.8, 4) is 17.6 Å². The lowest BCUT2D eigenvalue weighted by Crippen LogP contribution is -2.15. The van der Waals surface area contributed by atoms with Crippen LogP contribution in [0.2, 0.25) is 0 Å². The number of methoxy groups -OCH3 is 1. The number of carbonyl (C=O) groups excluding carboxylic acids is 1. The third kappa shape index (κ3) is 8.08. The van der Waals surface area contributed by atoms with Gasteiger partial charge in [-0.1, -0.05) is 38.3 Å². The average Bonchev–Trinajstić information content (AvgIpc) is 2.92. The Hall–Kier alpha value is -4.36. The highest BCUT2D eigenvalue weighted by atomic mass is 32.2. The summed E-state index contributed by atoms with van der Waals surface area (Å²) < 4.78 is 38.7. The van der Waals surface area contributed by atoms with Crippen LogP contribution < -0.4 is 19.5 Å². The highest BCUT2D eigenvalue weighted by molar-refractivity contribution is 7.92. The lowest BCUT2D eigenvalue weighted by molar-refractivity contribution is -0.112. The van der Waals surface area contributed by atoms with Crippen LogP contribution in [-0.4, -0.2) is 33.0 Å². The van der Waals surface area contributed by atoms with Crippen LogP contribution in [0.4, 0.5) is 11.5 Å². The number of nitriles is 1. The summed E-state index contributed by atoms with van der Waals surface area (Å²) in [4.78, 5) is 16.7. The van der Waals surface area contributed by atoms with E-state index in [-0.39, 0.29) is 16.3 Å². The molecule has 9 nitrogen and oxygen atoms in total. The molecular formula is C28H30N4O5S. The summed E-state index contributed by atoms with van der Waals surface area (Å²) in [7, 11) is -2.32. The number of hydrogen-bond donors (Lipinski definition) is 2. The average molecular weight is 535 g/mol. The molecule has 0 fully saturated rings. The lowest BCUT2D eigenvalue weighted by Gasteiger charge is -2.11. The monoisotopic (exact) mass is 534 g/mol. The van der Waals surface area contributed by atoms with Gasteiger partial charge in [-0.25, -0.2) is 13.4 Å². The predicted octanol–water partition coefficient (Wildman–Crippen LogP) is 5.40. The minimum Gasteiger partial charge on any atom is -0.493 e. The zero-order valence-corrected chi connectivity index (χ0v) is 22.1. The fourth-order valence-corrected chi connectivity index (χ4v) is 4.46. The molecule has 3 aromatic rings. The Morgan fingerprint density at radius 1 is 1.05 bits per heavy atom. The molecule has 0 aliphatic heterocycles. The number of amides is 1. The molecule has 0 bridgehead atoms. The lowest BCUT2D eigenvalue weighted by atomic mass is 10.1. The van der Waals surface area contributed by atoms with Crippen LogP contribution in [0.15, 0.2) is 77.3 Å². The molecular weight excluding hydrogens is 504 g/mol. The Bertz CT molecular complexity index is 1400. The van der Waals surface area contributed by atoms with E-state index in [4.69, 9.17) is 9.47 Å². The molecule has 0 saturated heterocycles. The molecule has 1 amide bonds. The largest absolute Gasteiger partial charge is 0.493 e. The van der Waals surface area contributed by atoms with Gasteiger partial charge in [0.05, 0.1) is 18.6 Å². The molecule has 2 N–H and O–H groups in total. The van der Waals surface area contributed by atoms with E-state index >= 15 is 0 Å². The second kappa shape index (κ2) is 13.8. The van der Waals surface area contributed by atoms with Gasteiger partial charge in [0.1, 0.15) is 17.5 Å². The van der Waals surface area contributed by atoms with Gasteiger partial charge in [0.15, 0.2) is 11.5 Å². The maximum atomic E-state index is 12.7. The number of hydrogen-bond acceptors (Lipinski definition) is 7. The summed E-state index contributed by atoms with van der Waals surface area (Å²) in [6.07, 6.45) is 7.28. The van der Waals surface area contributed by atoms with Crippen LogP contribution in [0.5, 0.6) is 11.5 Å². The van der Waals surface area contributed by atoms with Crippen LogP contribution in [-0.2, 0) is 14.8 Å². The van der Waals surface area contributed by atoms with E-state index in [2.05, 4.69) is 21.9 Å². The number of unbranched alkanes of at least 4 members (excludes halogenated alkanes) is 3. The number of aromatic nitrogens is 1. The van der Waals surface area contributed by atoms with E-state index in [0.717, 1.165) is 25.7 Å². The molecule has 10 heteroatoms. The Balaban J connectivity index is 1.66. The van der Waals surface area contributed by atoms with Crippen molar-refractivity contribution in [3.05, 3.63) is 78.0 Å². The Morgan fingerprint density at radius 2 is 1.84 bits per heavy atom.